The van der Waals surface area contributed by atoms with Gasteiger partial charge in [-0.2, -0.15) is 0 Å². The van der Waals surface area contributed by atoms with Crippen molar-refractivity contribution >= 4 is 16.1 Å². The zero-order valence-corrected chi connectivity index (χ0v) is 9.95. The number of benzene rings is 1. The summed E-state index contributed by atoms with van der Waals surface area (Å²) in [7, 11) is -4.92. The molecule has 0 radical (unpaired) electrons. The second-order valence-electron chi connectivity index (χ2n) is 3.28. The molecular formula is C9H12N2O4S. The van der Waals surface area contributed by atoms with Gasteiger partial charge in [0, 0.05) is 11.1 Å². The van der Waals surface area contributed by atoms with Crippen molar-refractivity contribution in [3.8, 4) is 0 Å². The number of diazo groups is 1. The summed E-state index contributed by atoms with van der Waals surface area (Å²) in [5.74, 6) is 0. The fourth-order valence-electron chi connectivity index (χ4n) is 1.33. The molecule has 0 aliphatic carbocycles. The molecule has 1 aromatic carbocycles. The molecule has 0 aliphatic rings. The summed E-state index contributed by atoms with van der Waals surface area (Å²) in [4.78, 5) is 3.21. The predicted molar refractivity (Wildman–Crippen MR) is 57.7 cm³/mol. The van der Waals surface area contributed by atoms with Crippen molar-refractivity contribution in [2.45, 2.75) is 20.8 Å². The van der Waals surface area contributed by atoms with E-state index in [-0.39, 0.29) is 0 Å². The highest BCUT2D eigenvalue weighted by atomic mass is 32.3. The second-order valence-corrected chi connectivity index (χ2v) is 4.13. The van der Waals surface area contributed by atoms with Gasteiger partial charge in [0.2, 0.25) is 15.8 Å². The fraction of sp³-hybridized carbons (Fsp3) is 0.333. The van der Waals surface area contributed by atoms with Crippen molar-refractivity contribution in [2.75, 3.05) is 0 Å². The van der Waals surface area contributed by atoms with Gasteiger partial charge in [-0.1, -0.05) is 5.56 Å². The molecule has 1 rings (SSSR count). The summed E-state index contributed by atoms with van der Waals surface area (Å²) >= 11 is 0. The van der Waals surface area contributed by atoms with Crippen molar-refractivity contribution in [3.05, 3.63) is 33.8 Å². The summed E-state index contributed by atoms with van der Waals surface area (Å²) in [5, 5.41) is 8.62. The van der Waals surface area contributed by atoms with Crippen molar-refractivity contribution < 1.29 is 17.5 Å². The van der Waals surface area contributed by atoms with Crippen LogP contribution in [0.1, 0.15) is 16.7 Å². The minimum atomic E-state index is -4.92. The van der Waals surface area contributed by atoms with Gasteiger partial charge in [-0.25, -0.2) is 8.42 Å². The Morgan fingerprint density at radius 3 is 1.81 bits per heavy atom. The van der Waals surface area contributed by atoms with E-state index in [9.17, 15) is 0 Å². The maximum absolute atomic E-state index is 8.63. The van der Waals surface area contributed by atoms with Crippen LogP contribution in [0.5, 0.6) is 0 Å². The highest BCUT2D eigenvalue weighted by molar-refractivity contribution is 7.79. The van der Waals surface area contributed by atoms with Crippen molar-refractivity contribution in [2.24, 2.45) is 0 Å². The zero-order chi connectivity index (χ0) is 12.9. The summed E-state index contributed by atoms with van der Waals surface area (Å²) in [6.07, 6.45) is 0. The van der Waals surface area contributed by atoms with Crippen LogP contribution in [0.15, 0.2) is 12.1 Å². The Kier molecular flexibility index (Phi) is 5.04. The molecule has 6 nitrogen and oxygen atoms in total. The lowest BCUT2D eigenvalue weighted by Gasteiger charge is -1.94. The molecule has 1 N–H and O–H groups in total. The van der Waals surface area contributed by atoms with Crippen LogP contribution in [0.4, 0.5) is 5.69 Å². The summed E-state index contributed by atoms with van der Waals surface area (Å²) in [6, 6.07) is 4.00. The SMILES string of the molecule is Cc1cc(C)c([N+]#N)c(C)c1.O=S(=O)([O-])O. The minimum Gasteiger partial charge on any atom is -0.726 e. The van der Waals surface area contributed by atoms with E-state index in [1.807, 2.05) is 32.9 Å². The Morgan fingerprint density at radius 2 is 1.56 bits per heavy atom. The van der Waals surface area contributed by atoms with Crippen LogP contribution in [0.3, 0.4) is 0 Å². The molecule has 0 heterocycles. The smallest absolute Gasteiger partial charge is 0.390 e. The van der Waals surface area contributed by atoms with Gasteiger partial charge in [0.15, 0.2) is 4.98 Å². The van der Waals surface area contributed by atoms with Gasteiger partial charge in [0.1, 0.15) is 0 Å². The normalized spacial score (nSPS) is 10.0. The monoisotopic (exact) mass is 244 g/mol. The van der Waals surface area contributed by atoms with E-state index in [1.54, 1.807) is 0 Å². The van der Waals surface area contributed by atoms with Crippen LogP contribution in [0.25, 0.3) is 4.98 Å². The Balaban J connectivity index is 0.000000385. The third kappa shape index (κ3) is 6.08. The summed E-state index contributed by atoms with van der Waals surface area (Å²) in [6.45, 7) is 5.91. The van der Waals surface area contributed by atoms with Crippen molar-refractivity contribution in [1.29, 1.82) is 5.39 Å². The lowest BCUT2D eigenvalue weighted by atomic mass is 10.1. The predicted octanol–water partition coefficient (Wildman–Crippen LogP) is 2.10. The lowest BCUT2D eigenvalue weighted by Crippen LogP contribution is -1.90. The van der Waals surface area contributed by atoms with Gasteiger partial charge in [-0.3, -0.25) is 4.55 Å². The number of rotatable bonds is 0. The first-order chi connectivity index (χ1) is 7.15. The molecule has 1 aromatic rings. The first kappa shape index (κ1) is 14.5. The van der Waals surface area contributed by atoms with Crippen LogP contribution >= 0.6 is 0 Å². The second kappa shape index (κ2) is 5.55. The molecule has 0 saturated carbocycles. The van der Waals surface area contributed by atoms with E-state index in [0.29, 0.717) is 5.69 Å². The molecule has 0 amide bonds. The Hall–Kier alpha value is -1.49. The fourth-order valence-corrected chi connectivity index (χ4v) is 1.33. The van der Waals surface area contributed by atoms with Crippen molar-refractivity contribution in [1.82, 2.24) is 0 Å². The topological polar surface area (TPSA) is 106 Å². The molecule has 0 fully saturated rings. The van der Waals surface area contributed by atoms with E-state index in [4.69, 9.17) is 22.9 Å². The molecule has 16 heavy (non-hydrogen) atoms. The molecule has 88 valence electrons. The van der Waals surface area contributed by atoms with E-state index in [0.717, 1.165) is 11.1 Å². The first-order valence-corrected chi connectivity index (χ1v) is 5.63. The number of hydrogen-bond donors (Lipinski definition) is 1. The average Bonchev–Trinajstić information content (AvgIpc) is 1.99. The molecule has 0 aromatic heterocycles. The number of aryl methyl sites for hydroxylation is 3. The van der Waals surface area contributed by atoms with Gasteiger partial charge >= 0.3 is 5.69 Å². The molecular weight excluding hydrogens is 232 g/mol. The third-order valence-electron chi connectivity index (χ3n) is 1.74. The van der Waals surface area contributed by atoms with Crippen LogP contribution in [-0.2, 0) is 10.4 Å². The Bertz CT molecular complexity index is 486. The molecule has 0 atom stereocenters. The van der Waals surface area contributed by atoms with Crippen molar-refractivity contribution in [3.63, 3.8) is 0 Å². The van der Waals surface area contributed by atoms with E-state index < -0.39 is 10.4 Å². The van der Waals surface area contributed by atoms with Crippen LogP contribution in [-0.4, -0.2) is 17.5 Å². The standard InChI is InChI=1S/C9H11N2.H2O4S/c1-6-4-7(2)9(11-10)8(3)5-6;1-5(2,3)4/h4-5H,1-3H3;(H2,1,2,3,4)/q+1;/p-1. The third-order valence-corrected chi connectivity index (χ3v) is 1.74. The van der Waals surface area contributed by atoms with Gasteiger partial charge in [0.25, 0.3) is 0 Å². The first-order valence-electron chi connectivity index (χ1n) is 4.26. The number of nitrogens with zero attached hydrogens (tertiary/aromatic N) is 2. The lowest BCUT2D eigenvalue weighted by molar-refractivity contribution is 0.366. The Morgan fingerprint density at radius 1 is 1.25 bits per heavy atom. The van der Waals surface area contributed by atoms with Crippen LogP contribution < -0.4 is 0 Å². The van der Waals surface area contributed by atoms with Gasteiger partial charge < -0.3 is 4.55 Å². The molecule has 0 spiro atoms. The maximum Gasteiger partial charge on any atom is 0.390 e. The van der Waals surface area contributed by atoms with E-state index in [2.05, 4.69) is 4.98 Å². The highest BCUT2D eigenvalue weighted by Gasteiger charge is 2.13. The molecule has 0 saturated heterocycles. The molecule has 7 heteroatoms. The minimum absolute atomic E-state index is 0.690. The Labute approximate surface area is 94.1 Å². The van der Waals surface area contributed by atoms with Crippen LogP contribution in [0.2, 0.25) is 0 Å². The number of hydrogen-bond acceptors (Lipinski definition) is 4. The van der Waals surface area contributed by atoms with Crippen LogP contribution in [0, 0.1) is 26.2 Å². The summed E-state index contributed by atoms with van der Waals surface area (Å²) < 4.78 is 32.8. The summed E-state index contributed by atoms with van der Waals surface area (Å²) in [5.41, 5.74) is 3.93. The van der Waals surface area contributed by atoms with Gasteiger partial charge in [-0.15, -0.1) is 0 Å². The molecule has 0 aliphatic heterocycles. The highest BCUT2D eigenvalue weighted by Crippen LogP contribution is 2.24. The largest absolute Gasteiger partial charge is 0.726 e. The quantitative estimate of drug-likeness (QED) is 0.427. The maximum atomic E-state index is 8.63. The van der Waals surface area contributed by atoms with E-state index >= 15 is 0 Å². The zero-order valence-electron chi connectivity index (χ0n) is 9.13. The van der Waals surface area contributed by atoms with Gasteiger partial charge in [0.05, 0.1) is 0 Å². The molecule has 0 bridgehead atoms. The molecule has 0 unspecified atom stereocenters. The van der Waals surface area contributed by atoms with Gasteiger partial charge in [-0.05, 0) is 32.9 Å². The van der Waals surface area contributed by atoms with E-state index in [1.165, 1.54) is 5.56 Å². The average molecular weight is 244 g/mol.